The van der Waals surface area contributed by atoms with Crippen molar-refractivity contribution in [3.63, 3.8) is 0 Å². The van der Waals surface area contributed by atoms with Crippen LogP contribution < -0.4 is 0 Å². The third-order valence-corrected chi connectivity index (χ3v) is 5.53. The molecule has 0 amide bonds. The molecule has 0 radical (unpaired) electrons. The molecule has 1 aromatic carbocycles. The van der Waals surface area contributed by atoms with E-state index < -0.39 is 0 Å². The molecule has 0 aliphatic rings. The van der Waals surface area contributed by atoms with Gasteiger partial charge in [-0.2, -0.15) is 0 Å². The predicted octanol–water partition coefficient (Wildman–Crippen LogP) is 8.04. The summed E-state index contributed by atoms with van der Waals surface area (Å²) in [6, 6.07) is 7.07. The zero-order valence-electron chi connectivity index (χ0n) is 17.7. The maximum atomic E-state index is 2.47. The van der Waals surface area contributed by atoms with E-state index in [9.17, 15) is 0 Å². The van der Waals surface area contributed by atoms with E-state index in [-0.39, 0.29) is 5.41 Å². The monoisotopic (exact) mass is 338 g/mol. The molecule has 0 heterocycles. The van der Waals surface area contributed by atoms with Gasteiger partial charge in [-0.25, -0.2) is 0 Å². The Morgan fingerprint density at radius 3 is 2.20 bits per heavy atom. The van der Waals surface area contributed by atoms with Crippen LogP contribution in [-0.4, -0.2) is 0 Å². The van der Waals surface area contributed by atoms with Crippen LogP contribution in [0.5, 0.6) is 0 Å². The first-order valence-electron chi connectivity index (χ1n) is 9.99. The van der Waals surface area contributed by atoms with E-state index in [4.69, 9.17) is 0 Å². The number of aryl methyl sites for hydroxylation is 1. The van der Waals surface area contributed by atoms with Crippen LogP contribution in [0.15, 0.2) is 53.6 Å². The quantitative estimate of drug-likeness (QED) is 0.421. The molecular weight excluding hydrogens is 300 g/mol. The lowest BCUT2D eigenvalue weighted by Gasteiger charge is -2.37. The van der Waals surface area contributed by atoms with Crippen molar-refractivity contribution in [3.05, 3.63) is 70.3 Å². The van der Waals surface area contributed by atoms with Crippen molar-refractivity contribution in [2.45, 2.75) is 86.0 Å². The molecule has 1 rings (SSSR count). The fourth-order valence-electron chi connectivity index (χ4n) is 3.89. The van der Waals surface area contributed by atoms with E-state index in [0.29, 0.717) is 5.92 Å². The Hall–Kier alpha value is -1.56. The van der Waals surface area contributed by atoms with E-state index >= 15 is 0 Å². The van der Waals surface area contributed by atoms with Crippen LogP contribution in [0.1, 0.15) is 90.3 Å². The van der Waals surface area contributed by atoms with Gasteiger partial charge in [0.25, 0.3) is 0 Å². The molecule has 0 atom stereocenters. The van der Waals surface area contributed by atoms with Gasteiger partial charge in [-0.3, -0.25) is 0 Å². The van der Waals surface area contributed by atoms with Crippen LogP contribution in [-0.2, 0) is 5.41 Å². The largest absolute Gasteiger partial charge is 0.0873 e. The minimum absolute atomic E-state index is 0.0731. The van der Waals surface area contributed by atoms with Gasteiger partial charge in [-0.15, -0.1) is 0 Å². The molecule has 0 fully saturated rings. The summed E-state index contributed by atoms with van der Waals surface area (Å²) in [5.74, 6) is 0.556. The van der Waals surface area contributed by atoms with Gasteiger partial charge in [-0.05, 0) is 73.8 Å². The number of hydrogen-bond acceptors (Lipinski definition) is 0. The maximum absolute atomic E-state index is 2.47. The SMILES string of the molecule is C\C=C/C(=C(C)\C=C\CC)C(CC)(CC)c1cc(C(C)C)ccc1C. The number of hydrogen-bond donors (Lipinski definition) is 0. The van der Waals surface area contributed by atoms with Crippen molar-refractivity contribution in [1.29, 1.82) is 0 Å². The van der Waals surface area contributed by atoms with Crippen molar-refractivity contribution < 1.29 is 0 Å². The first kappa shape index (κ1) is 21.5. The Kier molecular flexibility index (Phi) is 8.42. The molecule has 0 N–H and O–H groups in total. The molecule has 0 spiro atoms. The molecular formula is C25H38. The van der Waals surface area contributed by atoms with Crippen LogP contribution in [0, 0.1) is 6.92 Å². The molecule has 0 saturated carbocycles. The van der Waals surface area contributed by atoms with Crippen LogP contribution in [0.3, 0.4) is 0 Å². The minimum Gasteiger partial charge on any atom is -0.0873 e. The lowest BCUT2D eigenvalue weighted by Crippen LogP contribution is -2.28. The summed E-state index contributed by atoms with van der Waals surface area (Å²) in [7, 11) is 0. The van der Waals surface area contributed by atoms with Crippen molar-refractivity contribution in [2.75, 3.05) is 0 Å². The number of rotatable bonds is 8. The Labute approximate surface area is 156 Å². The van der Waals surface area contributed by atoms with Crippen LogP contribution in [0.25, 0.3) is 0 Å². The van der Waals surface area contributed by atoms with Gasteiger partial charge in [0.05, 0.1) is 0 Å². The second-order valence-corrected chi connectivity index (χ2v) is 7.43. The fraction of sp³-hybridized carbons (Fsp3) is 0.520. The zero-order chi connectivity index (χ0) is 19.0. The maximum Gasteiger partial charge on any atom is 0.0202 e. The Morgan fingerprint density at radius 2 is 1.72 bits per heavy atom. The molecule has 0 aromatic heterocycles. The lowest BCUT2D eigenvalue weighted by molar-refractivity contribution is 0.471. The summed E-state index contributed by atoms with van der Waals surface area (Å²) in [6.45, 7) is 18.1. The first-order valence-corrected chi connectivity index (χ1v) is 9.99. The van der Waals surface area contributed by atoms with E-state index in [2.05, 4.69) is 97.9 Å². The molecule has 1 aromatic rings. The predicted molar refractivity (Wildman–Crippen MR) is 114 cm³/mol. The summed E-state index contributed by atoms with van der Waals surface area (Å²) in [5.41, 5.74) is 7.27. The Balaban J connectivity index is 3.75. The first-order chi connectivity index (χ1) is 11.9. The van der Waals surface area contributed by atoms with Gasteiger partial charge >= 0.3 is 0 Å². The lowest BCUT2D eigenvalue weighted by atomic mass is 9.66. The van der Waals surface area contributed by atoms with Gasteiger partial charge in [0.2, 0.25) is 0 Å². The summed E-state index contributed by atoms with van der Waals surface area (Å²) in [5, 5.41) is 0. The average Bonchev–Trinajstić information content (AvgIpc) is 2.61. The topological polar surface area (TPSA) is 0 Å². The smallest absolute Gasteiger partial charge is 0.0202 e. The summed E-state index contributed by atoms with van der Waals surface area (Å²) < 4.78 is 0. The molecule has 0 aliphatic heterocycles. The van der Waals surface area contributed by atoms with Crippen LogP contribution in [0.4, 0.5) is 0 Å². The average molecular weight is 339 g/mol. The second-order valence-electron chi connectivity index (χ2n) is 7.43. The Morgan fingerprint density at radius 1 is 1.08 bits per heavy atom. The number of benzene rings is 1. The zero-order valence-corrected chi connectivity index (χ0v) is 17.7. The Bertz CT molecular complexity index is 634. The fourth-order valence-corrected chi connectivity index (χ4v) is 3.89. The second kappa shape index (κ2) is 9.80. The standard InChI is InChI=1S/C25H38/c1-9-13-15-20(7)23(14-10-2)25(11-3,12-4)24-18-22(19(5)6)17-16-21(24)8/h10,13-19H,9,11-12H2,1-8H3/b14-10-,15-13+,23-20+. The van der Waals surface area contributed by atoms with E-state index in [1.165, 1.54) is 27.8 Å². The van der Waals surface area contributed by atoms with Crippen LogP contribution >= 0.6 is 0 Å². The van der Waals surface area contributed by atoms with Crippen LogP contribution in [0.2, 0.25) is 0 Å². The van der Waals surface area contributed by atoms with Crippen molar-refractivity contribution in [1.82, 2.24) is 0 Å². The summed E-state index contributed by atoms with van der Waals surface area (Å²) >= 11 is 0. The van der Waals surface area contributed by atoms with E-state index in [0.717, 1.165) is 19.3 Å². The van der Waals surface area contributed by atoms with Gasteiger partial charge in [0.1, 0.15) is 0 Å². The van der Waals surface area contributed by atoms with E-state index in [1.54, 1.807) is 0 Å². The third-order valence-electron chi connectivity index (χ3n) is 5.53. The molecule has 0 unspecified atom stereocenters. The molecule has 0 bridgehead atoms. The molecule has 138 valence electrons. The molecule has 0 aliphatic carbocycles. The van der Waals surface area contributed by atoms with Crippen molar-refractivity contribution in [2.24, 2.45) is 0 Å². The molecule has 0 heteroatoms. The number of allylic oxidation sites excluding steroid dienone is 6. The molecule has 0 saturated heterocycles. The highest BCUT2D eigenvalue weighted by molar-refractivity contribution is 5.50. The highest BCUT2D eigenvalue weighted by Gasteiger charge is 2.34. The molecule has 0 nitrogen and oxygen atoms in total. The van der Waals surface area contributed by atoms with Crippen molar-refractivity contribution in [3.8, 4) is 0 Å². The van der Waals surface area contributed by atoms with Gasteiger partial charge < -0.3 is 0 Å². The molecule has 25 heavy (non-hydrogen) atoms. The highest BCUT2D eigenvalue weighted by atomic mass is 14.4. The minimum atomic E-state index is 0.0731. The van der Waals surface area contributed by atoms with Crippen molar-refractivity contribution >= 4 is 0 Å². The summed E-state index contributed by atoms with van der Waals surface area (Å²) in [4.78, 5) is 0. The highest BCUT2D eigenvalue weighted by Crippen LogP contribution is 2.43. The summed E-state index contributed by atoms with van der Waals surface area (Å²) in [6.07, 6.45) is 12.4. The van der Waals surface area contributed by atoms with Gasteiger partial charge in [0, 0.05) is 5.41 Å². The normalized spacial score (nSPS) is 14.0. The van der Waals surface area contributed by atoms with Gasteiger partial charge in [0.15, 0.2) is 0 Å². The third kappa shape index (κ3) is 4.75. The van der Waals surface area contributed by atoms with Gasteiger partial charge in [-0.1, -0.05) is 77.1 Å². The van der Waals surface area contributed by atoms with E-state index in [1.807, 2.05) is 0 Å².